The third kappa shape index (κ3) is 4.22. The minimum Gasteiger partial charge on any atom is -0.444 e. The highest BCUT2D eigenvalue weighted by Gasteiger charge is 2.54. The molecule has 1 saturated heterocycles. The number of aromatic nitrogens is 3. The number of nitrogens with one attached hydrogen (secondary N) is 1. The van der Waals surface area contributed by atoms with E-state index in [1.807, 2.05) is 37.8 Å². The van der Waals surface area contributed by atoms with Gasteiger partial charge in [-0.1, -0.05) is 12.1 Å². The number of halogens is 1. The summed E-state index contributed by atoms with van der Waals surface area (Å²) in [5, 5.41) is 3.08. The fourth-order valence-corrected chi connectivity index (χ4v) is 4.42. The number of anilines is 3. The third-order valence-electron chi connectivity index (χ3n) is 6.33. The largest absolute Gasteiger partial charge is 0.444 e. The predicted molar refractivity (Wildman–Crippen MR) is 129 cm³/mol. The maximum atomic E-state index is 14.6. The first kappa shape index (κ1) is 22.3. The zero-order valence-electron chi connectivity index (χ0n) is 19.9. The summed E-state index contributed by atoms with van der Waals surface area (Å²) in [4.78, 5) is 30.4. The summed E-state index contributed by atoms with van der Waals surface area (Å²) in [5.41, 5.74) is 1.40. The minimum atomic E-state index is -0.523. The van der Waals surface area contributed by atoms with Gasteiger partial charge < -0.3 is 15.0 Å². The Bertz CT molecular complexity index is 1250. The molecule has 1 N–H and O–H groups in total. The Labute approximate surface area is 198 Å². The number of aryl methyl sites for hydroxylation is 1. The van der Waals surface area contributed by atoms with Crippen molar-refractivity contribution in [2.24, 2.45) is 0 Å². The predicted octanol–water partition coefficient (Wildman–Crippen LogP) is 4.81. The average molecular weight is 465 g/mol. The molecule has 1 aliphatic heterocycles. The Morgan fingerprint density at radius 1 is 1.15 bits per heavy atom. The molecule has 1 spiro atoms. The molecule has 1 amide bonds. The number of hydrogen-bond acceptors (Lipinski definition) is 7. The van der Waals surface area contributed by atoms with Gasteiger partial charge in [-0.15, -0.1) is 0 Å². The van der Waals surface area contributed by atoms with E-state index in [2.05, 4.69) is 20.2 Å². The van der Waals surface area contributed by atoms with E-state index in [-0.39, 0.29) is 17.4 Å². The fraction of sp³-hybridized carbons (Fsp3) is 0.440. The first-order chi connectivity index (χ1) is 16.2. The zero-order chi connectivity index (χ0) is 24.1. The molecule has 9 heteroatoms. The molecule has 2 aromatic heterocycles. The van der Waals surface area contributed by atoms with Crippen LogP contribution in [0.2, 0.25) is 0 Å². The zero-order valence-corrected chi connectivity index (χ0v) is 19.9. The van der Waals surface area contributed by atoms with Crippen molar-refractivity contribution in [2.75, 3.05) is 29.9 Å². The summed E-state index contributed by atoms with van der Waals surface area (Å²) in [7, 11) is 0. The van der Waals surface area contributed by atoms with Crippen molar-refractivity contribution >= 4 is 34.4 Å². The number of hydrogen-bond donors (Lipinski definition) is 1. The summed E-state index contributed by atoms with van der Waals surface area (Å²) < 4.78 is 20.2. The molecule has 2 fully saturated rings. The van der Waals surface area contributed by atoms with Gasteiger partial charge in [0, 0.05) is 19.6 Å². The number of carbonyl (C=O) groups is 1. The normalized spacial score (nSPS) is 17.2. The van der Waals surface area contributed by atoms with Gasteiger partial charge in [0.2, 0.25) is 0 Å². The van der Waals surface area contributed by atoms with Gasteiger partial charge in [-0.3, -0.25) is 4.90 Å². The number of rotatable bonds is 3. The molecule has 0 radical (unpaired) electrons. The number of nitrogens with zero attached hydrogens (tertiary/aromatic N) is 5. The van der Waals surface area contributed by atoms with Crippen LogP contribution in [0.4, 0.5) is 26.5 Å². The third-order valence-corrected chi connectivity index (χ3v) is 6.33. The molecule has 1 aliphatic carbocycles. The maximum Gasteiger partial charge on any atom is 0.410 e. The van der Waals surface area contributed by atoms with Crippen LogP contribution < -0.4 is 10.2 Å². The van der Waals surface area contributed by atoms with Crippen LogP contribution in [0.25, 0.3) is 11.0 Å². The van der Waals surface area contributed by atoms with Crippen molar-refractivity contribution < 1.29 is 13.9 Å². The van der Waals surface area contributed by atoms with Crippen molar-refractivity contribution in [3.05, 3.63) is 48.0 Å². The second-order valence-corrected chi connectivity index (χ2v) is 10.1. The van der Waals surface area contributed by atoms with E-state index in [4.69, 9.17) is 9.72 Å². The second-order valence-electron chi connectivity index (χ2n) is 10.1. The first-order valence-electron chi connectivity index (χ1n) is 11.5. The second kappa shape index (κ2) is 8.07. The Morgan fingerprint density at radius 2 is 1.94 bits per heavy atom. The van der Waals surface area contributed by atoms with Crippen molar-refractivity contribution in [3.63, 3.8) is 0 Å². The molecule has 2 aliphatic rings. The summed E-state index contributed by atoms with van der Waals surface area (Å²) in [5.74, 6) is 0.911. The Balaban J connectivity index is 1.41. The number of piperazine rings is 1. The Kier molecular flexibility index (Phi) is 5.30. The number of pyridine rings is 1. The molecule has 8 nitrogen and oxygen atoms in total. The highest BCUT2D eigenvalue weighted by atomic mass is 19.1. The molecule has 5 rings (SSSR count). The summed E-state index contributed by atoms with van der Waals surface area (Å²) in [6, 6.07) is 9.02. The lowest BCUT2D eigenvalue weighted by atomic mass is 10.1. The van der Waals surface area contributed by atoms with Gasteiger partial charge in [-0.25, -0.2) is 24.1 Å². The standard InChI is InChI=1S/C25H29FN6O2/c1-16-6-5-7-17(20(16)26)29-22-21-18(27-15-28-22)8-9-19(30-21)31-12-13-32(25(14-31)10-11-25)23(33)34-24(2,3)4/h5-9,15H,10-14H2,1-4H3,(H,27,28,29). The molecule has 34 heavy (non-hydrogen) atoms. The molecule has 3 aromatic rings. The van der Waals surface area contributed by atoms with Gasteiger partial charge in [-0.2, -0.15) is 0 Å². The molecule has 1 aromatic carbocycles. The van der Waals surface area contributed by atoms with Gasteiger partial charge in [0.05, 0.1) is 16.7 Å². The molecular formula is C25H29FN6O2. The summed E-state index contributed by atoms with van der Waals surface area (Å²) in [6.07, 6.45) is 3.08. The van der Waals surface area contributed by atoms with E-state index >= 15 is 0 Å². The molecule has 0 atom stereocenters. The number of benzene rings is 1. The van der Waals surface area contributed by atoms with Gasteiger partial charge in [0.25, 0.3) is 0 Å². The first-order valence-corrected chi connectivity index (χ1v) is 11.5. The van der Waals surface area contributed by atoms with Crippen LogP contribution in [0, 0.1) is 12.7 Å². The quantitative estimate of drug-likeness (QED) is 0.596. The topological polar surface area (TPSA) is 83.5 Å². The maximum absolute atomic E-state index is 14.6. The van der Waals surface area contributed by atoms with E-state index < -0.39 is 5.60 Å². The highest BCUT2D eigenvalue weighted by molar-refractivity contribution is 5.88. The van der Waals surface area contributed by atoms with Gasteiger partial charge in [0.15, 0.2) is 5.82 Å². The van der Waals surface area contributed by atoms with Crippen LogP contribution >= 0.6 is 0 Å². The van der Waals surface area contributed by atoms with Crippen LogP contribution in [-0.2, 0) is 4.74 Å². The average Bonchev–Trinajstić information content (AvgIpc) is 3.54. The molecule has 0 unspecified atom stereocenters. The Morgan fingerprint density at radius 3 is 2.68 bits per heavy atom. The van der Waals surface area contributed by atoms with Gasteiger partial charge >= 0.3 is 6.09 Å². The fourth-order valence-electron chi connectivity index (χ4n) is 4.42. The molecule has 0 bridgehead atoms. The number of amides is 1. The van der Waals surface area contributed by atoms with Crippen LogP contribution in [0.1, 0.15) is 39.2 Å². The minimum absolute atomic E-state index is 0.212. The van der Waals surface area contributed by atoms with Crippen LogP contribution in [0.15, 0.2) is 36.7 Å². The number of ether oxygens (including phenoxy) is 1. The molecule has 3 heterocycles. The molecule has 178 valence electrons. The van der Waals surface area contributed by atoms with E-state index in [9.17, 15) is 9.18 Å². The monoisotopic (exact) mass is 464 g/mol. The van der Waals surface area contributed by atoms with Crippen molar-refractivity contribution in [1.82, 2.24) is 19.9 Å². The van der Waals surface area contributed by atoms with Crippen LogP contribution in [0.3, 0.4) is 0 Å². The number of carbonyl (C=O) groups excluding carboxylic acids is 1. The van der Waals surface area contributed by atoms with E-state index in [1.165, 1.54) is 6.33 Å². The van der Waals surface area contributed by atoms with E-state index in [0.29, 0.717) is 47.7 Å². The van der Waals surface area contributed by atoms with E-state index in [0.717, 1.165) is 18.7 Å². The lowest BCUT2D eigenvalue weighted by molar-refractivity contribution is 0.0106. The van der Waals surface area contributed by atoms with Crippen molar-refractivity contribution in [2.45, 2.75) is 51.7 Å². The molecule has 1 saturated carbocycles. The summed E-state index contributed by atoms with van der Waals surface area (Å²) >= 11 is 0. The lowest BCUT2D eigenvalue weighted by Gasteiger charge is -2.42. The van der Waals surface area contributed by atoms with E-state index in [1.54, 1.807) is 25.1 Å². The van der Waals surface area contributed by atoms with Gasteiger partial charge in [0.1, 0.15) is 29.1 Å². The lowest BCUT2D eigenvalue weighted by Crippen LogP contribution is -2.58. The van der Waals surface area contributed by atoms with Crippen molar-refractivity contribution in [3.8, 4) is 0 Å². The Hall–Kier alpha value is -3.49. The van der Waals surface area contributed by atoms with Gasteiger partial charge in [-0.05, 0) is 64.3 Å². The van der Waals surface area contributed by atoms with Crippen LogP contribution in [0.5, 0.6) is 0 Å². The summed E-state index contributed by atoms with van der Waals surface area (Å²) in [6.45, 7) is 9.28. The smallest absolute Gasteiger partial charge is 0.410 e. The molecular weight excluding hydrogens is 435 g/mol. The highest BCUT2D eigenvalue weighted by Crippen LogP contribution is 2.45. The van der Waals surface area contributed by atoms with Crippen LogP contribution in [-0.4, -0.2) is 56.7 Å². The number of fused-ring (bicyclic) bond motifs is 1. The van der Waals surface area contributed by atoms with Crippen molar-refractivity contribution in [1.29, 1.82) is 0 Å². The SMILES string of the molecule is Cc1cccc(Nc2ncnc3ccc(N4CCN(C(=O)OC(C)(C)C)C5(CC5)C4)nc23)c1F.